The van der Waals surface area contributed by atoms with Crippen molar-refractivity contribution in [2.24, 2.45) is 5.92 Å². The van der Waals surface area contributed by atoms with Crippen LogP contribution in [0.15, 0.2) is 36.1 Å². The lowest BCUT2D eigenvalue weighted by molar-refractivity contribution is 0.190. The van der Waals surface area contributed by atoms with Gasteiger partial charge in [0.2, 0.25) is 0 Å². The van der Waals surface area contributed by atoms with Crippen molar-refractivity contribution in [2.75, 3.05) is 6.61 Å². The van der Waals surface area contributed by atoms with Crippen LogP contribution in [0.4, 0.5) is 0 Å². The van der Waals surface area contributed by atoms with E-state index in [9.17, 15) is 0 Å². The highest BCUT2D eigenvalue weighted by Gasteiger charge is 1.95. The molecule has 0 saturated carbocycles. The number of hydrogen-bond acceptors (Lipinski definition) is 1. The largest absolute Gasteiger partial charge is 0.493 e. The van der Waals surface area contributed by atoms with Crippen molar-refractivity contribution >= 4 is 0 Å². The van der Waals surface area contributed by atoms with Crippen molar-refractivity contribution in [3.63, 3.8) is 0 Å². The molecule has 0 aromatic rings. The van der Waals surface area contributed by atoms with E-state index in [4.69, 9.17) is 4.74 Å². The second kappa shape index (κ2) is 7.66. The molecule has 0 spiro atoms. The fourth-order valence-electron chi connectivity index (χ4n) is 0.770. The summed E-state index contributed by atoms with van der Waals surface area (Å²) in [7, 11) is 0. The van der Waals surface area contributed by atoms with Crippen LogP contribution < -0.4 is 0 Å². The summed E-state index contributed by atoms with van der Waals surface area (Å²) in [6.45, 7) is 9.04. The van der Waals surface area contributed by atoms with Gasteiger partial charge in [-0.3, -0.25) is 0 Å². The molecule has 13 heavy (non-hydrogen) atoms. The van der Waals surface area contributed by atoms with Crippen molar-refractivity contribution in [1.29, 1.82) is 0 Å². The van der Waals surface area contributed by atoms with E-state index in [0.29, 0.717) is 5.92 Å². The number of hydrogen-bond donors (Lipinski definition) is 0. The Balaban J connectivity index is 4.09. The first-order chi connectivity index (χ1) is 6.20. The van der Waals surface area contributed by atoms with Crippen LogP contribution in [0.3, 0.4) is 0 Å². The first-order valence-electron chi connectivity index (χ1n) is 4.79. The molecule has 74 valence electrons. The Morgan fingerprint density at radius 3 is 2.38 bits per heavy atom. The maximum atomic E-state index is 5.57. The summed E-state index contributed by atoms with van der Waals surface area (Å²) >= 11 is 0. The first kappa shape index (κ1) is 12.0. The molecule has 0 atom stereocenters. The Hall–Kier alpha value is -0.980. The van der Waals surface area contributed by atoms with Gasteiger partial charge in [-0.2, -0.15) is 0 Å². The molecule has 0 aromatic carbocycles. The van der Waals surface area contributed by atoms with Gasteiger partial charge in [0.15, 0.2) is 0 Å². The summed E-state index contributed by atoms with van der Waals surface area (Å²) in [6.07, 6.45) is 9.90. The second-order valence-electron chi connectivity index (χ2n) is 3.30. The van der Waals surface area contributed by atoms with E-state index in [2.05, 4.69) is 13.8 Å². The average molecular weight is 180 g/mol. The maximum absolute atomic E-state index is 5.57. The zero-order valence-electron chi connectivity index (χ0n) is 9.08. The molecule has 0 saturated heterocycles. The second-order valence-corrected chi connectivity index (χ2v) is 3.30. The van der Waals surface area contributed by atoms with Crippen molar-refractivity contribution in [1.82, 2.24) is 0 Å². The molecule has 1 heteroatoms. The smallest absolute Gasteiger partial charge is 0.118 e. The molecule has 0 rings (SSSR count). The van der Waals surface area contributed by atoms with Crippen LogP contribution in [0.1, 0.15) is 27.7 Å². The van der Waals surface area contributed by atoms with Gasteiger partial charge in [-0.05, 0) is 31.9 Å². The molecule has 0 radical (unpaired) electrons. The minimum atomic E-state index is 0.569. The predicted molar refractivity (Wildman–Crippen MR) is 58.5 cm³/mol. The number of rotatable bonds is 5. The van der Waals surface area contributed by atoms with Gasteiger partial charge in [0.25, 0.3) is 0 Å². The van der Waals surface area contributed by atoms with Gasteiger partial charge in [-0.15, -0.1) is 0 Å². The summed E-state index contributed by atoms with van der Waals surface area (Å²) in [6, 6.07) is 0. The molecule has 0 N–H and O–H groups in total. The highest BCUT2D eigenvalue weighted by molar-refractivity contribution is 5.17. The minimum Gasteiger partial charge on any atom is -0.493 e. The van der Waals surface area contributed by atoms with Crippen molar-refractivity contribution in [2.45, 2.75) is 27.7 Å². The van der Waals surface area contributed by atoms with E-state index in [1.165, 1.54) is 0 Å². The lowest BCUT2D eigenvalue weighted by Crippen LogP contribution is -2.00. The van der Waals surface area contributed by atoms with Crippen LogP contribution in [-0.4, -0.2) is 6.61 Å². The van der Waals surface area contributed by atoms with Gasteiger partial charge in [-0.25, -0.2) is 0 Å². The highest BCUT2D eigenvalue weighted by atomic mass is 16.5. The fraction of sp³-hybridized carbons (Fsp3) is 0.500. The normalized spacial score (nSPS) is 13.5. The average Bonchev–Trinajstić information content (AvgIpc) is 2.09. The topological polar surface area (TPSA) is 9.23 Å². The predicted octanol–water partition coefficient (Wildman–Crippen LogP) is 3.70. The molecule has 0 aromatic heterocycles. The standard InChI is InChI=1S/C12H20O/c1-5-7-9-12(8-6-2)13-10-11(3)4/h5-9,11H,10H2,1-4H3/b7-5-,8-6-,12-9+. The SMILES string of the molecule is C\C=C/C=C(\C=C/C)OCC(C)C. The van der Waals surface area contributed by atoms with E-state index in [1.807, 2.05) is 44.2 Å². The number of ether oxygens (including phenoxy) is 1. The first-order valence-corrected chi connectivity index (χ1v) is 4.79. The Morgan fingerprint density at radius 2 is 1.92 bits per heavy atom. The summed E-state index contributed by atoms with van der Waals surface area (Å²) in [5.41, 5.74) is 0. The van der Waals surface area contributed by atoms with E-state index < -0.39 is 0 Å². The molecule has 0 unspecified atom stereocenters. The zero-order chi connectivity index (χ0) is 10.1. The summed E-state index contributed by atoms with van der Waals surface area (Å²) < 4.78 is 5.57. The van der Waals surface area contributed by atoms with E-state index in [-0.39, 0.29) is 0 Å². The lowest BCUT2D eigenvalue weighted by atomic mass is 10.2. The van der Waals surface area contributed by atoms with Crippen LogP contribution in [0.2, 0.25) is 0 Å². The third-order valence-electron chi connectivity index (χ3n) is 1.37. The summed E-state index contributed by atoms with van der Waals surface area (Å²) in [5, 5.41) is 0. The third-order valence-corrected chi connectivity index (χ3v) is 1.37. The molecule has 0 fully saturated rings. The number of allylic oxidation sites excluding steroid dienone is 5. The highest BCUT2D eigenvalue weighted by Crippen LogP contribution is 2.04. The molecule has 1 nitrogen and oxygen atoms in total. The van der Waals surface area contributed by atoms with Crippen LogP contribution in [0.25, 0.3) is 0 Å². The summed E-state index contributed by atoms with van der Waals surface area (Å²) in [4.78, 5) is 0. The van der Waals surface area contributed by atoms with Gasteiger partial charge < -0.3 is 4.74 Å². The van der Waals surface area contributed by atoms with Gasteiger partial charge in [0.05, 0.1) is 6.61 Å². The lowest BCUT2D eigenvalue weighted by Gasteiger charge is -2.08. The summed E-state index contributed by atoms with van der Waals surface area (Å²) in [5.74, 6) is 1.49. The minimum absolute atomic E-state index is 0.569. The van der Waals surface area contributed by atoms with Crippen molar-refractivity contribution in [3.05, 3.63) is 36.1 Å². The molecule has 0 aliphatic carbocycles. The van der Waals surface area contributed by atoms with Crippen LogP contribution in [0.5, 0.6) is 0 Å². The Bertz CT molecular complexity index is 197. The van der Waals surface area contributed by atoms with Crippen LogP contribution in [0, 0.1) is 5.92 Å². The molecular formula is C12H20O. The van der Waals surface area contributed by atoms with E-state index >= 15 is 0 Å². The van der Waals surface area contributed by atoms with Crippen LogP contribution in [-0.2, 0) is 4.74 Å². The Kier molecular flexibility index (Phi) is 7.08. The maximum Gasteiger partial charge on any atom is 0.118 e. The molecule has 0 heterocycles. The molecule has 0 aliphatic heterocycles. The van der Waals surface area contributed by atoms with Gasteiger partial charge >= 0.3 is 0 Å². The van der Waals surface area contributed by atoms with Gasteiger partial charge in [0, 0.05) is 0 Å². The van der Waals surface area contributed by atoms with Gasteiger partial charge in [-0.1, -0.05) is 32.1 Å². The van der Waals surface area contributed by atoms with Gasteiger partial charge in [0.1, 0.15) is 5.76 Å². The molecule has 0 amide bonds. The molecule has 0 bridgehead atoms. The van der Waals surface area contributed by atoms with E-state index in [1.54, 1.807) is 0 Å². The van der Waals surface area contributed by atoms with Crippen molar-refractivity contribution in [3.8, 4) is 0 Å². The van der Waals surface area contributed by atoms with Crippen molar-refractivity contribution < 1.29 is 4.74 Å². The van der Waals surface area contributed by atoms with E-state index in [0.717, 1.165) is 12.4 Å². The Morgan fingerprint density at radius 1 is 1.23 bits per heavy atom. The fourth-order valence-corrected chi connectivity index (χ4v) is 0.770. The third kappa shape index (κ3) is 7.38. The van der Waals surface area contributed by atoms with Crippen LogP contribution >= 0.6 is 0 Å². The molecule has 0 aliphatic rings. The molecular weight excluding hydrogens is 160 g/mol. The monoisotopic (exact) mass is 180 g/mol. The zero-order valence-corrected chi connectivity index (χ0v) is 9.08. The quantitative estimate of drug-likeness (QED) is 0.463. The Labute approximate surface area is 81.8 Å².